The van der Waals surface area contributed by atoms with Crippen molar-refractivity contribution in [3.05, 3.63) is 33.8 Å². The van der Waals surface area contributed by atoms with Crippen molar-refractivity contribution in [3.8, 4) is 0 Å². The molecular weight excluding hydrogens is 306 g/mol. The Hall–Kier alpha value is -1.16. The first-order chi connectivity index (χ1) is 9.00. The number of Topliss-reactive ketones (excluding diaryl/α,β-unsaturated/α-hetero) is 1. The Morgan fingerprint density at radius 3 is 2.84 bits per heavy atom. The number of ketones is 1. The number of amides is 1. The summed E-state index contributed by atoms with van der Waals surface area (Å²) >= 11 is 3.48. The van der Waals surface area contributed by atoms with Gasteiger partial charge in [-0.25, -0.2) is 0 Å². The Morgan fingerprint density at radius 1 is 1.42 bits per heavy atom. The van der Waals surface area contributed by atoms with E-state index >= 15 is 0 Å². The van der Waals surface area contributed by atoms with Crippen LogP contribution in [-0.2, 0) is 4.79 Å². The van der Waals surface area contributed by atoms with E-state index in [0.717, 1.165) is 29.4 Å². The molecule has 0 spiro atoms. The molecule has 1 aliphatic heterocycles. The van der Waals surface area contributed by atoms with Gasteiger partial charge in [-0.2, -0.15) is 0 Å². The van der Waals surface area contributed by atoms with Crippen molar-refractivity contribution in [2.75, 3.05) is 6.54 Å². The number of hydrogen-bond acceptors (Lipinski definition) is 2. The standard InChI is InChI=1S/C15H18BrNO2/c1-10-5-3-7-13(14(10)16)15(19)17-8-4-6-12(17)9-11(2)18/h3,5,7,12H,4,6,8-9H2,1-2H3. The van der Waals surface area contributed by atoms with Crippen LogP contribution in [-0.4, -0.2) is 29.2 Å². The van der Waals surface area contributed by atoms with Crippen LogP contribution in [0.1, 0.15) is 42.1 Å². The van der Waals surface area contributed by atoms with Crippen LogP contribution >= 0.6 is 15.9 Å². The highest BCUT2D eigenvalue weighted by Gasteiger charge is 2.31. The molecule has 1 aromatic rings. The number of hydrogen-bond donors (Lipinski definition) is 0. The Morgan fingerprint density at radius 2 is 2.16 bits per heavy atom. The Balaban J connectivity index is 2.23. The summed E-state index contributed by atoms with van der Waals surface area (Å²) in [7, 11) is 0. The number of carbonyl (C=O) groups is 2. The van der Waals surface area contributed by atoms with Crippen LogP contribution in [0.3, 0.4) is 0 Å². The number of likely N-dealkylation sites (tertiary alicyclic amines) is 1. The van der Waals surface area contributed by atoms with Gasteiger partial charge in [0, 0.05) is 23.5 Å². The topological polar surface area (TPSA) is 37.4 Å². The molecule has 1 aliphatic rings. The van der Waals surface area contributed by atoms with Crippen molar-refractivity contribution in [2.45, 2.75) is 39.2 Å². The van der Waals surface area contributed by atoms with Gasteiger partial charge in [0.2, 0.25) is 0 Å². The van der Waals surface area contributed by atoms with Crippen LogP contribution in [0, 0.1) is 6.92 Å². The Labute approximate surface area is 122 Å². The second-order valence-corrected chi connectivity index (χ2v) is 5.93. The summed E-state index contributed by atoms with van der Waals surface area (Å²) in [4.78, 5) is 25.7. The second-order valence-electron chi connectivity index (χ2n) is 5.14. The zero-order valence-electron chi connectivity index (χ0n) is 11.3. The van der Waals surface area contributed by atoms with E-state index in [4.69, 9.17) is 0 Å². The monoisotopic (exact) mass is 323 g/mol. The SMILES string of the molecule is CC(=O)CC1CCCN1C(=O)c1cccc(C)c1Br. The minimum atomic E-state index is 0.0272. The lowest BCUT2D eigenvalue weighted by molar-refractivity contribution is -0.117. The molecule has 19 heavy (non-hydrogen) atoms. The molecular formula is C15H18BrNO2. The summed E-state index contributed by atoms with van der Waals surface area (Å²) in [6, 6.07) is 5.77. The van der Waals surface area contributed by atoms with Crippen molar-refractivity contribution < 1.29 is 9.59 Å². The zero-order chi connectivity index (χ0) is 14.0. The van der Waals surface area contributed by atoms with Gasteiger partial charge in [-0.3, -0.25) is 9.59 Å². The van der Waals surface area contributed by atoms with E-state index in [2.05, 4.69) is 15.9 Å². The molecule has 0 radical (unpaired) electrons. The summed E-state index contributed by atoms with van der Waals surface area (Å²) < 4.78 is 0.855. The van der Waals surface area contributed by atoms with Gasteiger partial charge < -0.3 is 4.90 Å². The highest BCUT2D eigenvalue weighted by Crippen LogP contribution is 2.27. The quantitative estimate of drug-likeness (QED) is 0.855. The Bertz CT molecular complexity index is 513. The first kappa shape index (κ1) is 14.3. The molecule has 1 fully saturated rings. The van der Waals surface area contributed by atoms with E-state index in [1.807, 2.05) is 30.0 Å². The highest BCUT2D eigenvalue weighted by molar-refractivity contribution is 9.10. The minimum Gasteiger partial charge on any atom is -0.335 e. The van der Waals surface area contributed by atoms with E-state index < -0.39 is 0 Å². The zero-order valence-corrected chi connectivity index (χ0v) is 12.9. The molecule has 1 amide bonds. The molecule has 0 N–H and O–H groups in total. The van der Waals surface area contributed by atoms with E-state index in [1.54, 1.807) is 6.92 Å². The molecule has 4 heteroatoms. The first-order valence-electron chi connectivity index (χ1n) is 6.56. The maximum Gasteiger partial charge on any atom is 0.255 e. The maximum atomic E-state index is 12.6. The van der Waals surface area contributed by atoms with Gasteiger partial charge in [0.05, 0.1) is 5.56 Å². The van der Waals surface area contributed by atoms with Crippen LogP contribution < -0.4 is 0 Å². The highest BCUT2D eigenvalue weighted by atomic mass is 79.9. The average Bonchev–Trinajstić information content (AvgIpc) is 2.79. The summed E-state index contributed by atoms with van der Waals surface area (Å²) in [5.74, 6) is 0.173. The van der Waals surface area contributed by atoms with Gasteiger partial charge in [0.25, 0.3) is 5.91 Å². The van der Waals surface area contributed by atoms with Crippen molar-refractivity contribution in [1.29, 1.82) is 0 Å². The molecule has 0 bridgehead atoms. The summed E-state index contributed by atoms with van der Waals surface area (Å²) in [6.45, 7) is 4.30. The van der Waals surface area contributed by atoms with Crippen molar-refractivity contribution >= 4 is 27.6 Å². The molecule has 0 aromatic heterocycles. The van der Waals surface area contributed by atoms with E-state index in [0.29, 0.717) is 12.0 Å². The maximum absolute atomic E-state index is 12.6. The van der Waals surface area contributed by atoms with Crippen LogP contribution in [0.2, 0.25) is 0 Å². The second kappa shape index (κ2) is 5.87. The third kappa shape index (κ3) is 3.06. The van der Waals surface area contributed by atoms with Gasteiger partial charge >= 0.3 is 0 Å². The molecule has 3 nitrogen and oxygen atoms in total. The molecule has 1 unspecified atom stereocenters. The molecule has 2 rings (SSSR count). The van der Waals surface area contributed by atoms with Crippen LogP contribution in [0.25, 0.3) is 0 Å². The fraction of sp³-hybridized carbons (Fsp3) is 0.467. The largest absolute Gasteiger partial charge is 0.335 e. The van der Waals surface area contributed by atoms with Gasteiger partial charge in [-0.05, 0) is 54.2 Å². The number of benzene rings is 1. The molecule has 0 aliphatic carbocycles. The van der Waals surface area contributed by atoms with Gasteiger partial charge in [0.1, 0.15) is 5.78 Å². The van der Waals surface area contributed by atoms with Crippen LogP contribution in [0.4, 0.5) is 0 Å². The van der Waals surface area contributed by atoms with Crippen molar-refractivity contribution in [3.63, 3.8) is 0 Å². The molecule has 1 aromatic carbocycles. The fourth-order valence-electron chi connectivity index (χ4n) is 2.61. The van der Waals surface area contributed by atoms with Gasteiger partial charge in [0.15, 0.2) is 0 Å². The summed E-state index contributed by atoms with van der Waals surface area (Å²) in [5, 5.41) is 0. The number of carbonyl (C=O) groups excluding carboxylic acids is 2. The number of aryl methyl sites for hydroxylation is 1. The third-order valence-corrected chi connectivity index (χ3v) is 4.64. The third-order valence-electron chi connectivity index (χ3n) is 3.58. The molecule has 0 saturated carbocycles. The predicted molar refractivity (Wildman–Crippen MR) is 78.2 cm³/mol. The summed E-state index contributed by atoms with van der Waals surface area (Å²) in [5.41, 5.74) is 1.74. The predicted octanol–water partition coefficient (Wildman–Crippen LogP) is 3.34. The van der Waals surface area contributed by atoms with E-state index in [1.165, 1.54) is 0 Å². The molecule has 1 atom stereocenters. The fourth-order valence-corrected chi connectivity index (χ4v) is 3.05. The smallest absolute Gasteiger partial charge is 0.255 e. The number of rotatable bonds is 3. The van der Waals surface area contributed by atoms with E-state index in [-0.39, 0.29) is 17.7 Å². The lowest BCUT2D eigenvalue weighted by Gasteiger charge is -2.24. The van der Waals surface area contributed by atoms with Gasteiger partial charge in [-0.1, -0.05) is 12.1 Å². The normalized spacial score (nSPS) is 18.7. The van der Waals surface area contributed by atoms with Gasteiger partial charge in [-0.15, -0.1) is 0 Å². The number of nitrogens with zero attached hydrogens (tertiary/aromatic N) is 1. The lowest BCUT2D eigenvalue weighted by atomic mass is 10.1. The molecule has 102 valence electrons. The first-order valence-corrected chi connectivity index (χ1v) is 7.35. The minimum absolute atomic E-state index is 0.0272. The number of halogens is 1. The van der Waals surface area contributed by atoms with Crippen LogP contribution in [0.5, 0.6) is 0 Å². The Kier molecular flexibility index (Phi) is 4.40. The average molecular weight is 324 g/mol. The van der Waals surface area contributed by atoms with E-state index in [9.17, 15) is 9.59 Å². The molecule has 1 heterocycles. The lowest BCUT2D eigenvalue weighted by Crippen LogP contribution is -2.36. The molecule has 1 saturated heterocycles. The van der Waals surface area contributed by atoms with Crippen LogP contribution in [0.15, 0.2) is 22.7 Å². The van der Waals surface area contributed by atoms with Crippen molar-refractivity contribution in [1.82, 2.24) is 4.90 Å². The van der Waals surface area contributed by atoms with Crippen molar-refractivity contribution in [2.24, 2.45) is 0 Å². The summed E-state index contributed by atoms with van der Waals surface area (Å²) in [6.07, 6.45) is 2.37.